The van der Waals surface area contributed by atoms with Gasteiger partial charge in [0.2, 0.25) is 11.7 Å². The van der Waals surface area contributed by atoms with Crippen LogP contribution in [0.25, 0.3) is 11.4 Å². The molecule has 6 nitrogen and oxygen atoms in total. The van der Waals surface area contributed by atoms with E-state index in [0.29, 0.717) is 35.2 Å². The summed E-state index contributed by atoms with van der Waals surface area (Å²) in [7, 11) is 0. The van der Waals surface area contributed by atoms with Gasteiger partial charge in [0.15, 0.2) is 0 Å². The molecule has 132 valence electrons. The van der Waals surface area contributed by atoms with Gasteiger partial charge in [-0.15, -0.1) is 0 Å². The van der Waals surface area contributed by atoms with Gasteiger partial charge < -0.3 is 9.63 Å². The highest BCUT2D eigenvalue weighted by atomic mass is 35.5. The molecule has 2 aromatic rings. The predicted octanol–water partition coefficient (Wildman–Crippen LogP) is 3.61. The Labute approximate surface area is 150 Å². The number of aliphatic carboxylic acids is 1. The molecule has 3 atom stereocenters. The number of hydrogen-bond donors (Lipinski definition) is 1. The van der Waals surface area contributed by atoms with Gasteiger partial charge in [0.25, 0.3) is 0 Å². The zero-order valence-corrected chi connectivity index (χ0v) is 14.5. The van der Waals surface area contributed by atoms with Crippen molar-refractivity contribution in [2.45, 2.75) is 50.7 Å². The molecule has 0 amide bonds. The summed E-state index contributed by atoms with van der Waals surface area (Å²) in [5.74, 6) is 0.667. The van der Waals surface area contributed by atoms with Crippen LogP contribution in [0, 0.1) is 5.92 Å². The standard InChI is InChI=1S/C18H20ClN3O3/c19-13-7-5-11(6-8-13)17-20-16(25-21-17)10-22-14-4-2-1-3-12(14)9-15(22)18(23)24/h5-8,12,14-15H,1-4,9-10H2,(H,23,24)/t12-,14+,15-/m0/s1. The molecule has 0 radical (unpaired) electrons. The molecule has 2 fully saturated rings. The summed E-state index contributed by atoms with van der Waals surface area (Å²) in [6.07, 6.45) is 5.24. The molecule has 4 rings (SSSR count). The molecule has 0 bridgehead atoms. The van der Waals surface area contributed by atoms with Crippen LogP contribution in [0.5, 0.6) is 0 Å². The van der Waals surface area contributed by atoms with Gasteiger partial charge in [0, 0.05) is 16.6 Å². The number of carboxylic acid groups (broad SMARTS) is 1. The number of fused-ring (bicyclic) bond motifs is 1. The summed E-state index contributed by atoms with van der Waals surface area (Å²) < 4.78 is 5.39. The third kappa shape index (κ3) is 3.28. The summed E-state index contributed by atoms with van der Waals surface area (Å²) >= 11 is 5.90. The van der Waals surface area contributed by atoms with Crippen molar-refractivity contribution in [3.63, 3.8) is 0 Å². The van der Waals surface area contributed by atoms with Crippen LogP contribution in [0.1, 0.15) is 38.0 Å². The molecule has 7 heteroatoms. The van der Waals surface area contributed by atoms with Crippen LogP contribution in [-0.2, 0) is 11.3 Å². The van der Waals surface area contributed by atoms with E-state index in [1.807, 2.05) is 17.0 Å². The minimum absolute atomic E-state index is 0.306. The second-order valence-electron chi connectivity index (χ2n) is 6.89. The molecule has 1 saturated heterocycles. The zero-order chi connectivity index (χ0) is 17.4. The lowest BCUT2D eigenvalue weighted by Gasteiger charge is -2.31. The first-order chi connectivity index (χ1) is 12.1. The van der Waals surface area contributed by atoms with Crippen LogP contribution < -0.4 is 0 Å². The first-order valence-electron chi connectivity index (χ1n) is 8.69. The Morgan fingerprint density at radius 3 is 2.80 bits per heavy atom. The Bertz CT molecular complexity index is 761. The normalized spacial score (nSPS) is 26.5. The Morgan fingerprint density at radius 2 is 2.04 bits per heavy atom. The average Bonchev–Trinajstić information content (AvgIpc) is 3.21. The molecule has 2 heterocycles. The fraction of sp³-hybridized carbons (Fsp3) is 0.500. The quantitative estimate of drug-likeness (QED) is 0.896. The highest BCUT2D eigenvalue weighted by Crippen LogP contribution is 2.40. The molecular formula is C18H20ClN3O3. The highest BCUT2D eigenvalue weighted by molar-refractivity contribution is 6.30. The fourth-order valence-electron chi connectivity index (χ4n) is 4.21. The van der Waals surface area contributed by atoms with Crippen LogP contribution in [-0.4, -0.2) is 38.2 Å². The van der Waals surface area contributed by atoms with Crippen molar-refractivity contribution in [3.8, 4) is 11.4 Å². The average molecular weight is 362 g/mol. The molecule has 0 unspecified atom stereocenters. The van der Waals surface area contributed by atoms with Gasteiger partial charge >= 0.3 is 5.97 Å². The van der Waals surface area contributed by atoms with Crippen molar-refractivity contribution in [2.24, 2.45) is 5.92 Å². The summed E-state index contributed by atoms with van der Waals surface area (Å²) in [4.78, 5) is 18.2. The van der Waals surface area contributed by atoms with E-state index in [1.165, 1.54) is 6.42 Å². The van der Waals surface area contributed by atoms with Crippen molar-refractivity contribution in [1.29, 1.82) is 0 Å². The van der Waals surface area contributed by atoms with Crippen molar-refractivity contribution in [1.82, 2.24) is 15.0 Å². The molecule has 25 heavy (non-hydrogen) atoms. The van der Waals surface area contributed by atoms with Gasteiger partial charge in [-0.05, 0) is 49.4 Å². The molecule has 1 aliphatic carbocycles. The number of benzene rings is 1. The Balaban J connectivity index is 1.54. The van der Waals surface area contributed by atoms with Gasteiger partial charge in [-0.3, -0.25) is 9.69 Å². The maximum absolute atomic E-state index is 11.7. The van der Waals surface area contributed by atoms with E-state index in [9.17, 15) is 9.90 Å². The number of hydrogen-bond acceptors (Lipinski definition) is 5. The van der Waals surface area contributed by atoms with Crippen molar-refractivity contribution in [3.05, 3.63) is 35.2 Å². The summed E-state index contributed by atoms with van der Waals surface area (Å²) in [5.41, 5.74) is 0.825. The fourth-order valence-corrected chi connectivity index (χ4v) is 4.34. The third-order valence-electron chi connectivity index (χ3n) is 5.39. The van der Waals surface area contributed by atoms with Crippen LogP contribution in [0.2, 0.25) is 5.02 Å². The number of likely N-dealkylation sites (tertiary alicyclic amines) is 1. The van der Waals surface area contributed by atoms with Gasteiger partial charge in [0.05, 0.1) is 6.54 Å². The van der Waals surface area contributed by atoms with E-state index in [0.717, 1.165) is 31.2 Å². The van der Waals surface area contributed by atoms with Crippen LogP contribution in [0.3, 0.4) is 0 Å². The summed E-state index contributed by atoms with van der Waals surface area (Å²) in [6, 6.07) is 7.08. The molecule has 1 aliphatic heterocycles. The Kier molecular flexibility index (Phi) is 4.48. The monoisotopic (exact) mass is 361 g/mol. The molecular weight excluding hydrogens is 342 g/mol. The predicted molar refractivity (Wildman–Crippen MR) is 92.1 cm³/mol. The lowest BCUT2D eigenvalue weighted by atomic mass is 9.85. The molecule has 2 aliphatic rings. The number of rotatable bonds is 4. The number of nitrogens with zero attached hydrogens (tertiary/aromatic N) is 3. The van der Waals surface area contributed by atoms with E-state index in [-0.39, 0.29) is 0 Å². The van der Waals surface area contributed by atoms with Crippen LogP contribution in [0.4, 0.5) is 0 Å². The minimum Gasteiger partial charge on any atom is -0.480 e. The topological polar surface area (TPSA) is 79.5 Å². The first kappa shape index (κ1) is 16.5. The lowest BCUT2D eigenvalue weighted by Crippen LogP contribution is -2.41. The second-order valence-corrected chi connectivity index (χ2v) is 7.33. The second kappa shape index (κ2) is 6.77. The van der Waals surface area contributed by atoms with Gasteiger partial charge in [-0.25, -0.2) is 0 Å². The van der Waals surface area contributed by atoms with E-state index in [2.05, 4.69) is 10.1 Å². The number of carboxylic acids is 1. The SMILES string of the molecule is O=C(O)[C@@H]1C[C@@H]2CCCC[C@H]2N1Cc1nc(-c2ccc(Cl)cc2)no1. The van der Waals surface area contributed by atoms with Crippen LogP contribution >= 0.6 is 11.6 Å². The molecule has 1 N–H and O–H groups in total. The molecule has 1 aromatic carbocycles. The van der Waals surface area contributed by atoms with Crippen molar-refractivity contribution < 1.29 is 14.4 Å². The maximum Gasteiger partial charge on any atom is 0.320 e. The summed E-state index contributed by atoms with van der Waals surface area (Å²) in [5, 5.41) is 14.3. The first-order valence-corrected chi connectivity index (χ1v) is 9.06. The maximum atomic E-state index is 11.7. The van der Waals surface area contributed by atoms with E-state index < -0.39 is 12.0 Å². The smallest absolute Gasteiger partial charge is 0.320 e. The zero-order valence-electron chi connectivity index (χ0n) is 13.8. The Morgan fingerprint density at radius 1 is 1.28 bits per heavy atom. The third-order valence-corrected chi connectivity index (χ3v) is 5.65. The summed E-state index contributed by atoms with van der Waals surface area (Å²) in [6.45, 7) is 0.388. The molecule has 1 saturated carbocycles. The minimum atomic E-state index is -0.758. The van der Waals surface area contributed by atoms with Crippen molar-refractivity contribution in [2.75, 3.05) is 0 Å². The Hall–Kier alpha value is -1.92. The van der Waals surface area contributed by atoms with Gasteiger partial charge in [-0.2, -0.15) is 4.98 Å². The van der Waals surface area contributed by atoms with Crippen LogP contribution in [0.15, 0.2) is 28.8 Å². The van der Waals surface area contributed by atoms with Crippen molar-refractivity contribution >= 4 is 17.6 Å². The van der Waals surface area contributed by atoms with Gasteiger partial charge in [-0.1, -0.05) is 29.6 Å². The largest absolute Gasteiger partial charge is 0.480 e. The van der Waals surface area contributed by atoms with E-state index in [1.54, 1.807) is 12.1 Å². The van der Waals surface area contributed by atoms with E-state index in [4.69, 9.17) is 16.1 Å². The van der Waals surface area contributed by atoms with Gasteiger partial charge in [0.1, 0.15) is 6.04 Å². The number of halogens is 1. The lowest BCUT2D eigenvalue weighted by molar-refractivity contribution is -0.143. The molecule has 1 aromatic heterocycles. The molecule has 0 spiro atoms. The number of aromatic nitrogens is 2. The van der Waals surface area contributed by atoms with E-state index >= 15 is 0 Å². The number of carbonyl (C=O) groups is 1. The highest BCUT2D eigenvalue weighted by Gasteiger charge is 2.45.